The molecule has 0 atom stereocenters. The van der Waals surface area contributed by atoms with Crippen molar-refractivity contribution < 1.29 is 4.39 Å². The number of hydrogen-bond donors (Lipinski definition) is 0. The monoisotopic (exact) mass is 306 g/mol. The summed E-state index contributed by atoms with van der Waals surface area (Å²) in [4.78, 5) is 0. The Bertz CT molecular complexity index is 554. The predicted molar refractivity (Wildman–Crippen MR) is 93.9 cm³/mol. The number of hydrogen-bond acceptors (Lipinski definition) is 1. The lowest BCUT2D eigenvalue weighted by Gasteiger charge is -2.22. The number of benzene rings is 1. The largest absolute Gasteiger partial charge is 0.261 e. The van der Waals surface area contributed by atoms with E-state index < -0.39 is 0 Å². The van der Waals surface area contributed by atoms with Crippen molar-refractivity contribution in [2.45, 2.75) is 79.2 Å². The SMILES string of the molecule is CC.CC.CCc1nn(C2CCCCC2)c2cc(F)ccc12. The summed E-state index contributed by atoms with van der Waals surface area (Å²) in [6.45, 7) is 10.1. The van der Waals surface area contributed by atoms with Crippen LogP contribution in [0.15, 0.2) is 18.2 Å². The van der Waals surface area contributed by atoms with Gasteiger partial charge in [0.05, 0.1) is 17.3 Å². The van der Waals surface area contributed by atoms with Crippen molar-refractivity contribution in [2.75, 3.05) is 0 Å². The molecule has 0 N–H and O–H groups in total. The van der Waals surface area contributed by atoms with E-state index in [0.29, 0.717) is 6.04 Å². The highest BCUT2D eigenvalue weighted by molar-refractivity contribution is 5.82. The zero-order valence-electron chi connectivity index (χ0n) is 14.8. The first-order valence-electron chi connectivity index (χ1n) is 8.96. The van der Waals surface area contributed by atoms with Gasteiger partial charge >= 0.3 is 0 Å². The molecule has 0 aliphatic heterocycles. The third kappa shape index (κ3) is 4.08. The van der Waals surface area contributed by atoms with Crippen molar-refractivity contribution in [1.29, 1.82) is 0 Å². The molecule has 0 unspecified atom stereocenters. The van der Waals surface area contributed by atoms with Gasteiger partial charge in [0.15, 0.2) is 0 Å². The van der Waals surface area contributed by atoms with Crippen LogP contribution >= 0.6 is 0 Å². The summed E-state index contributed by atoms with van der Waals surface area (Å²) in [5.41, 5.74) is 2.06. The van der Waals surface area contributed by atoms with E-state index in [9.17, 15) is 4.39 Å². The quantitative estimate of drug-likeness (QED) is 0.637. The molecule has 124 valence electrons. The predicted octanol–water partition coefficient (Wildman–Crippen LogP) is 6.30. The second-order valence-electron chi connectivity index (χ2n) is 5.20. The normalized spacial score (nSPS) is 14.8. The van der Waals surface area contributed by atoms with Gasteiger partial charge in [-0.05, 0) is 37.5 Å². The summed E-state index contributed by atoms with van der Waals surface area (Å²) in [6, 6.07) is 5.50. The standard InChI is InChI=1S/C15H19FN2.2C2H6/c1-2-14-13-9-8-11(16)10-15(13)18(17-14)12-6-4-3-5-7-12;2*1-2/h8-10,12H,2-7H2,1H3;2*1-2H3. The van der Waals surface area contributed by atoms with Crippen LogP contribution in [0.2, 0.25) is 0 Å². The van der Waals surface area contributed by atoms with Crippen LogP contribution in [0.4, 0.5) is 4.39 Å². The molecule has 1 aliphatic carbocycles. The van der Waals surface area contributed by atoms with E-state index in [4.69, 9.17) is 5.10 Å². The van der Waals surface area contributed by atoms with Crippen molar-refractivity contribution >= 4 is 10.9 Å². The molecule has 3 heteroatoms. The minimum atomic E-state index is -0.165. The Kier molecular flexibility index (Phi) is 8.15. The molecule has 1 aromatic heterocycles. The summed E-state index contributed by atoms with van der Waals surface area (Å²) in [5, 5.41) is 5.84. The van der Waals surface area contributed by atoms with Crippen LogP contribution in [0.5, 0.6) is 0 Å². The van der Waals surface area contributed by atoms with Crippen molar-refractivity contribution in [2.24, 2.45) is 0 Å². The van der Waals surface area contributed by atoms with Gasteiger partial charge in [-0.2, -0.15) is 5.10 Å². The number of halogens is 1. The van der Waals surface area contributed by atoms with E-state index >= 15 is 0 Å². The number of nitrogens with zero attached hydrogens (tertiary/aromatic N) is 2. The van der Waals surface area contributed by atoms with Crippen molar-refractivity contribution in [3.05, 3.63) is 29.7 Å². The molecule has 0 saturated heterocycles. The molecular formula is C19H31FN2. The van der Waals surface area contributed by atoms with Crippen LogP contribution in [0.1, 0.15) is 78.5 Å². The first-order chi connectivity index (χ1) is 10.8. The molecule has 22 heavy (non-hydrogen) atoms. The second kappa shape index (κ2) is 9.60. The van der Waals surface area contributed by atoms with E-state index in [1.807, 2.05) is 33.8 Å². The molecule has 3 rings (SSSR count). The van der Waals surface area contributed by atoms with Gasteiger partial charge in [0.1, 0.15) is 5.82 Å². The number of rotatable bonds is 2. The molecule has 2 aromatic rings. The van der Waals surface area contributed by atoms with Gasteiger partial charge in [-0.1, -0.05) is 53.9 Å². The molecule has 0 spiro atoms. The van der Waals surface area contributed by atoms with Gasteiger partial charge in [-0.3, -0.25) is 4.68 Å². The molecule has 1 heterocycles. The van der Waals surface area contributed by atoms with Gasteiger partial charge in [0, 0.05) is 5.39 Å². The molecule has 1 fully saturated rings. The third-order valence-corrected chi connectivity index (χ3v) is 4.00. The fourth-order valence-corrected chi connectivity index (χ4v) is 3.04. The van der Waals surface area contributed by atoms with Gasteiger partial charge in [-0.25, -0.2) is 4.39 Å². The lowest BCUT2D eigenvalue weighted by Crippen LogP contribution is -2.14. The molecule has 1 aromatic carbocycles. The second-order valence-corrected chi connectivity index (χ2v) is 5.20. The zero-order valence-corrected chi connectivity index (χ0v) is 14.8. The summed E-state index contributed by atoms with van der Waals surface area (Å²) in [6.07, 6.45) is 7.12. The van der Waals surface area contributed by atoms with E-state index in [1.165, 1.54) is 38.2 Å². The molecule has 0 bridgehead atoms. The van der Waals surface area contributed by atoms with E-state index in [1.54, 1.807) is 6.07 Å². The Morgan fingerprint density at radius 1 is 1.09 bits per heavy atom. The van der Waals surface area contributed by atoms with Gasteiger partial charge in [-0.15, -0.1) is 0 Å². The smallest absolute Gasteiger partial charge is 0.125 e. The molecule has 2 nitrogen and oxygen atoms in total. The Labute approximate surface area is 134 Å². The number of aromatic nitrogens is 2. The summed E-state index contributed by atoms with van der Waals surface area (Å²) >= 11 is 0. The molecular weight excluding hydrogens is 275 g/mol. The van der Waals surface area contributed by atoms with E-state index in [2.05, 4.69) is 11.6 Å². The number of aryl methyl sites for hydroxylation is 1. The van der Waals surface area contributed by atoms with Gasteiger partial charge in [0.25, 0.3) is 0 Å². The average Bonchev–Trinajstić information content (AvgIpc) is 2.97. The van der Waals surface area contributed by atoms with Crippen molar-refractivity contribution in [1.82, 2.24) is 9.78 Å². The maximum atomic E-state index is 13.5. The van der Waals surface area contributed by atoms with E-state index in [-0.39, 0.29) is 5.82 Å². The van der Waals surface area contributed by atoms with Crippen molar-refractivity contribution in [3.8, 4) is 0 Å². The van der Waals surface area contributed by atoms with Crippen LogP contribution in [0, 0.1) is 5.82 Å². The zero-order chi connectivity index (χ0) is 16.5. The Hall–Kier alpha value is -1.38. The topological polar surface area (TPSA) is 17.8 Å². The minimum Gasteiger partial charge on any atom is -0.261 e. The van der Waals surface area contributed by atoms with Crippen LogP contribution in [0.25, 0.3) is 10.9 Å². The fraction of sp³-hybridized carbons (Fsp3) is 0.632. The maximum absolute atomic E-state index is 13.5. The first kappa shape index (κ1) is 18.7. The van der Waals surface area contributed by atoms with Crippen LogP contribution in [-0.4, -0.2) is 9.78 Å². The highest BCUT2D eigenvalue weighted by atomic mass is 19.1. The molecule has 0 radical (unpaired) electrons. The fourth-order valence-electron chi connectivity index (χ4n) is 3.04. The molecule has 1 saturated carbocycles. The van der Waals surface area contributed by atoms with E-state index in [0.717, 1.165) is 23.0 Å². The molecule has 0 amide bonds. The Morgan fingerprint density at radius 2 is 1.73 bits per heavy atom. The summed E-state index contributed by atoms with van der Waals surface area (Å²) in [5.74, 6) is -0.165. The van der Waals surface area contributed by atoms with Crippen LogP contribution in [-0.2, 0) is 6.42 Å². The van der Waals surface area contributed by atoms with Gasteiger partial charge < -0.3 is 0 Å². The minimum absolute atomic E-state index is 0.165. The maximum Gasteiger partial charge on any atom is 0.125 e. The first-order valence-corrected chi connectivity index (χ1v) is 8.96. The Balaban J connectivity index is 0.000000561. The van der Waals surface area contributed by atoms with Crippen molar-refractivity contribution in [3.63, 3.8) is 0 Å². The number of fused-ring (bicyclic) bond motifs is 1. The highest BCUT2D eigenvalue weighted by Gasteiger charge is 2.20. The summed E-state index contributed by atoms with van der Waals surface area (Å²) in [7, 11) is 0. The lowest BCUT2D eigenvalue weighted by molar-refractivity contribution is 0.335. The third-order valence-electron chi connectivity index (χ3n) is 4.00. The summed E-state index contributed by atoms with van der Waals surface area (Å²) < 4.78 is 15.5. The highest BCUT2D eigenvalue weighted by Crippen LogP contribution is 2.32. The van der Waals surface area contributed by atoms with Crippen LogP contribution in [0.3, 0.4) is 0 Å². The lowest BCUT2D eigenvalue weighted by atomic mass is 9.95. The van der Waals surface area contributed by atoms with Crippen LogP contribution < -0.4 is 0 Å². The van der Waals surface area contributed by atoms with Gasteiger partial charge in [0.2, 0.25) is 0 Å². The molecule has 1 aliphatic rings. The Morgan fingerprint density at radius 3 is 2.32 bits per heavy atom. The average molecular weight is 306 g/mol.